The minimum absolute atomic E-state index is 0.178. The Bertz CT molecular complexity index is 852. The van der Waals surface area contributed by atoms with E-state index in [2.05, 4.69) is 0 Å². The average molecular weight is 619 g/mol. The number of aliphatic hydroxyl groups excluding tert-OH is 11. The van der Waals surface area contributed by atoms with E-state index in [0.29, 0.717) is 0 Å². The highest BCUT2D eigenvalue weighted by Gasteiger charge is 2.53. The standard InChI is InChI=1S/C24H42O18/c1-6-8(27)3-9(38-23-17(33)14(30)12(28)10(4-25)39-23)22(37-6)42-20-13(29)11(5-26)40-24(18(20)34)41-19-7(2)36-21(35)16(32)15(19)31/h6-35H,3-5H2,1-2H3/t6-,7+,8+,9+,10-,11-,12+,13-,14+,15+,16-,17-,18+,19+,20+,21-,22-,23+,24-/m1/s1. The largest absolute Gasteiger partial charge is 0.394 e. The van der Waals surface area contributed by atoms with Crippen molar-refractivity contribution in [1.29, 1.82) is 0 Å². The normalized spacial score (nSPS) is 54.1. The summed E-state index contributed by atoms with van der Waals surface area (Å²) < 4.78 is 39.0. The second-order valence-corrected chi connectivity index (χ2v) is 11.0. The van der Waals surface area contributed by atoms with Gasteiger partial charge < -0.3 is 89.3 Å². The van der Waals surface area contributed by atoms with E-state index in [9.17, 15) is 56.2 Å². The quantitative estimate of drug-likeness (QED) is 0.120. The van der Waals surface area contributed by atoms with Crippen LogP contribution in [0.25, 0.3) is 0 Å². The van der Waals surface area contributed by atoms with Crippen LogP contribution >= 0.6 is 0 Å². The fraction of sp³-hybridized carbons (Fsp3) is 1.00. The first kappa shape index (κ1) is 34.2. The molecule has 0 amide bonds. The maximum atomic E-state index is 11.1. The van der Waals surface area contributed by atoms with Crippen LogP contribution in [0.1, 0.15) is 20.3 Å². The van der Waals surface area contributed by atoms with Crippen LogP contribution in [0.3, 0.4) is 0 Å². The summed E-state index contributed by atoms with van der Waals surface area (Å²) in [6, 6.07) is 0. The molecule has 4 rings (SSSR count). The second kappa shape index (κ2) is 14.1. The molecule has 0 saturated carbocycles. The van der Waals surface area contributed by atoms with E-state index in [4.69, 9.17) is 33.2 Å². The maximum Gasteiger partial charge on any atom is 0.187 e. The van der Waals surface area contributed by atoms with Gasteiger partial charge >= 0.3 is 0 Å². The number of rotatable bonds is 8. The third-order valence-corrected chi connectivity index (χ3v) is 8.03. The van der Waals surface area contributed by atoms with Gasteiger partial charge in [-0.05, 0) is 13.8 Å². The van der Waals surface area contributed by atoms with Crippen molar-refractivity contribution in [3.05, 3.63) is 0 Å². The van der Waals surface area contributed by atoms with E-state index in [1.54, 1.807) is 0 Å². The molecule has 0 aromatic heterocycles. The number of ether oxygens (including phenoxy) is 7. The molecule has 0 aliphatic carbocycles. The Kier molecular flexibility index (Phi) is 11.5. The van der Waals surface area contributed by atoms with Crippen LogP contribution in [0.5, 0.6) is 0 Å². The van der Waals surface area contributed by atoms with Crippen LogP contribution in [0, 0.1) is 0 Å². The topological polar surface area (TPSA) is 287 Å². The Morgan fingerprint density at radius 3 is 1.71 bits per heavy atom. The van der Waals surface area contributed by atoms with Gasteiger partial charge in [-0.1, -0.05) is 0 Å². The molecule has 18 nitrogen and oxygen atoms in total. The predicted octanol–water partition coefficient (Wildman–Crippen LogP) is -6.66. The molecule has 4 aliphatic heterocycles. The van der Waals surface area contributed by atoms with E-state index in [1.807, 2.05) is 0 Å². The molecule has 0 spiro atoms. The third kappa shape index (κ3) is 6.91. The van der Waals surface area contributed by atoms with Gasteiger partial charge in [0, 0.05) is 6.42 Å². The first-order valence-corrected chi connectivity index (χ1v) is 13.7. The highest BCUT2D eigenvalue weighted by atomic mass is 16.8. The zero-order chi connectivity index (χ0) is 31.0. The van der Waals surface area contributed by atoms with E-state index in [0.717, 1.165) is 0 Å². The van der Waals surface area contributed by atoms with Crippen molar-refractivity contribution in [2.45, 2.75) is 137 Å². The van der Waals surface area contributed by atoms with Gasteiger partial charge in [-0.2, -0.15) is 0 Å². The average Bonchev–Trinajstić information content (AvgIpc) is 2.95. The maximum absolute atomic E-state index is 11.1. The zero-order valence-electron chi connectivity index (χ0n) is 22.9. The molecule has 246 valence electrons. The molecule has 0 aromatic carbocycles. The minimum atomic E-state index is -1.81. The van der Waals surface area contributed by atoms with Crippen molar-refractivity contribution in [1.82, 2.24) is 0 Å². The van der Waals surface area contributed by atoms with Crippen LogP contribution in [0.2, 0.25) is 0 Å². The smallest absolute Gasteiger partial charge is 0.187 e. The van der Waals surface area contributed by atoms with E-state index < -0.39 is 130 Å². The molecule has 11 N–H and O–H groups in total. The Morgan fingerprint density at radius 1 is 0.524 bits per heavy atom. The van der Waals surface area contributed by atoms with Crippen LogP contribution in [-0.4, -0.2) is 186 Å². The molecular weight excluding hydrogens is 576 g/mol. The summed E-state index contributed by atoms with van der Waals surface area (Å²) in [6.45, 7) is 1.45. The molecule has 4 heterocycles. The molecule has 19 atom stereocenters. The highest BCUT2D eigenvalue weighted by molar-refractivity contribution is 4.95. The highest BCUT2D eigenvalue weighted by Crippen LogP contribution is 2.34. The fourth-order valence-corrected chi connectivity index (χ4v) is 5.37. The molecule has 42 heavy (non-hydrogen) atoms. The Balaban J connectivity index is 1.52. The van der Waals surface area contributed by atoms with Gasteiger partial charge in [0.05, 0.1) is 31.5 Å². The lowest BCUT2D eigenvalue weighted by Crippen LogP contribution is -2.65. The van der Waals surface area contributed by atoms with Gasteiger partial charge in [0.2, 0.25) is 0 Å². The lowest BCUT2D eigenvalue weighted by atomic mass is 9.96. The molecule has 18 heteroatoms. The molecule has 0 unspecified atom stereocenters. The molecule has 4 fully saturated rings. The van der Waals surface area contributed by atoms with E-state index in [1.165, 1.54) is 13.8 Å². The van der Waals surface area contributed by atoms with Crippen LogP contribution < -0.4 is 0 Å². The predicted molar refractivity (Wildman–Crippen MR) is 130 cm³/mol. The van der Waals surface area contributed by atoms with Gasteiger partial charge in [-0.3, -0.25) is 0 Å². The summed E-state index contributed by atoms with van der Waals surface area (Å²) in [5.41, 5.74) is 0. The van der Waals surface area contributed by atoms with E-state index in [-0.39, 0.29) is 6.42 Å². The molecule has 0 bridgehead atoms. The summed E-state index contributed by atoms with van der Waals surface area (Å²) in [5, 5.41) is 112. The summed E-state index contributed by atoms with van der Waals surface area (Å²) in [5.74, 6) is 0. The van der Waals surface area contributed by atoms with Crippen LogP contribution in [0.15, 0.2) is 0 Å². The van der Waals surface area contributed by atoms with Crippen molar-refractivity contribution in [2.24, 2.45) is 0 Å². The summed E-state index contributed by atoms with van der Waals surface area (Å²) in [4.78, 5) is 0. The Hall–Kier alpha value is -0.720. The first-order valence-electron chi connectivity index (χ1n) is 13.7. The number of aliphatic hydroxyl groups is 11. The van der Waals surface area contributed by atoms with Crippen molar-refractivity contribution in [2.75, 3.05) is 13.2 Å². The fourth-order valence-electron chi connectivity index (χ4n) is 5.37. The van der Waals surface area contributed by atoms with Gasteiger partial charge in [0.1, 0.15) is 73.2 Å². The lowest BCUT2D eigenvalue weighted by molar-refractivity contribution is -0.383. The van der Waals surface area contributed by atoms with Crippen molar-refractivity contribution >= 4 is 0 Å². The first-order chi connectivity index (χ1) is 19.8. The van der Waals surface area contributed by atoms with Gasteiger partial charge in [0.15, 0.2) is 25.2 Å². The monoisotopic (exact) mass is 618 g/mol. The molecule has 0 radical (unpaired) electrons. The number of hydrogen-bond donors (Lipinski definition) is 11. The van der Waals surface area contributed by atoms with Gasteiger partial charge in [-0.25, -0.2) is 0 Å². The zero-order valence-corrected chi connectivity index (χ0v) is 22.9. The van der Waals surface area contributed by atoms with E-state index >= 15 is 0 Å². The van der Waals surface area contributed by atoms with Crippen molar-refractivity contribution in [3.8, 4) is 0 Å². The van der Waals surface area contributed by atoms with Crippen LogP contribution in [0.4, 0.5) is 0 Å². The minimum Gasteiger partial charge on any atom is -0.394 e. The molecule has 0 aromatic rings. The van der Waals surface area contributed by atoms with Crippen molar-refractivity contribution in [3.63, 3.8) is 0 Å². The molecule has 4 saturated heterocycles. The second-order valence-electron chi connectivity index (χ2n) is 11.0. The summed E-state index contributed by atoms with van der Waals surface area (Å²) in [7, 11) is 0. The van der Waals surface area contributed by atoms with Gasteiger partial charge in [-0.15, -0.1) is 0 Å². The third-order valence-electron chi connectivity index (χ3n) is 8.03. The Morgan fingerprint density at radius 2 is 1.10 bits per heavy atom. The SMILES string of the molecule is C[C@@H]1O[C@@H](O)[C@H](O)[C@H](O)[C@H]1O[C@H]1O[C@H](CO)[C@@H](O)[C@H](O[C@H]2O[C@H](C)[C@@H](O)C[C@@H]2O[C@H]2O[C@H](CO)[C@H](O)[C@H](O)[C@H]2O)[C@@H]1O. The lowest BCUT2D eigenvalue weighted by Gasteiger charge is -2.48. The summed E-state index contributed by atoms with van der Waals surface area (Å²) in [6.07, 6.45) is -28.6. The van der Waals surface area contributed by atoms with Gasteiger partial charge in [0.25, 0.3) is 0 Å². The Labute approximate surface area is 240 Å². The van der Waals surface area contributed by atoms with Crippen molar-refractivity contribution < 1.29 is 89.3 Å². The van der Waals surface area contributed by atoms with Crippen LogP contribution in [-0.2, 0) is 33.2 Å². The summed E-state index contributed by atoms with van der Waals surface area (Å²) >= 11 is 0. The molecular formula is C24H42O18. The number of hydrogen-bond acceptors (Lipinski definition) is 18. The molecule has 4 aliphatic rings.